The van der Waals surface area contributed by atoms with Crippen LogP contribution in [-0.2, 0) is 24.2 Å². The number of benzene rings is 1. The minimum atomic E-state index is -0.0296. The largest absolute Gasteiger partial charge is 0.321 e. The molecule has 21 heavy (non-hydrogen) atoms. The second kappa shape index (κ2) is 6.27. The second-order valence-electron chi connectivity index (χ2n) is 5.43. The van der Waals surface area contributed by atoms with E-state index < -0.39 is 0 Å². The summed E-state index contributed by atoms with van der Waals surface area (Å²) in [4.78, 5) is 12.1. The van der Waals surface area contributed by atoms with Crippen LogP contribution in [0.5, 0.6) is 0 Å². The monoisotopic (exact) mass is 301 g/mol. The molecule has 1 aromatic heterocycles. The topological polar surface area (TPSA) is 33.0 Å². The number of rotatable bonds is 3. The number of aromatic nitrogens is 1. The number of halogens is 1. The minimum absolute atomic E-state index is 0.0296. The molecule has 0 aliphatic heterocycles. The first-order valence-corrected chi connectivity index (χ1v) is 7.65. The van der Waals surface area contributed by atoms with Gasteiger partial charge in [0.25, 0.3) is 5.91 Å². The average molecular weight is 302 g/mol. The summed E-state index contributed by atoms with van der Waals surface area (Å²) < 4.78 is 1.95. The molecule has 3 nitrogen and oxygen atoms in total. The van der Waals surface area contributed by atoms with Gasteiger partial charge in [-0.3, -0.25) is 4.79 Å². The lowest BCUT2D eigenvalue weighted by Gasteiger charge is -2.13. The minimum Gasteiger partial charge on any atom is -0.321 e. The van der Waals surface area contributed by atoms with Gasteiger partial charge in [0.05, 0.1) is 0 Å². The Balaban J connectivity index is 1.65. The number of nitrogens with zero attached hydrogens (tertiary/aromatic N) is 1. The van der Waals surface area contributed by atoms with Crippen LogP contribution in [-0.4, -0.2) is 5.91 Å². The number of nitrogens with one attached hydrogen (secondary N) is 1. The standard InChI is InChI=1S/C17H17ClN2O/c18-15-5-7-16(8-6-15)19-17(21)12-20-10-9-13-3-1-2-4-14(13)11-20/h5-11H,1-4,12H2/p+1. The summed E-state index contributed by atoms with van der Waals surface area (Å²) in [7, 11) is 0. The molecule has 1 heterocycles. The second-order valence-corrected chi connectivity index (χ2v) is 5.87. The number of amides is 1. The number of anilines is 1. The first-order chi connectivity index (χ1) is 10.2. The molecule has 3 rings (SSSR count). The van der Waals surface area contributed by atoms with Crippen molar-refractivity contribution in [3.8, 4) is 0 Å². The predicted octanol–water partition coefficient (Wildman–Crippen LogP) is 3.15. The highest BCUT2D eigenvalue weighted by molar-refractivity contribution is 6.30. The van der Waals surface area contributed by atoms with Gasteiger partial charge in [0.2, 0.25) is 6.54 Å². The first-order valence-electron chi connectivity index (χ1n) is 7.27. The van der Waals surface area contributed by atoms with Crippen LogP contribution in [0, 0.1) is 0 Å². The van der Waals surface area contributed by atoms with Gasteiger partial charge in [-0.25, -0.2) is 0 Å². The van der Waals surface area contributed by atoms with E-state index in [0.29, 0.717) is 11.6 Å². The van der Waals surface area contributed by atoms with E-state index >= 15 is 0 Å². The number of hydrogen-bond acceptors (Lipinski definition) is 1. The van der Waals surface area contributed by atoms with Crippen LogP contribution in [0.3, 0.4) is 0 Å². The van der Waals surface area contributed by atoms with E-state index in [1.54, 1.807) is 24.3 Å². The molecule has 0 saturated heterocycles. The van der Waals surface area contributed by atoms with Crippen LogP contribution >= 0.6 is 11.6 Å². The Kier molecular flexibility index (Phi) is 4.20. The van der Waals surface area contributed by atoms with E-state index in [0.717, 1.165) is 18.5 Å². The van der Waals surface area contributed by atoms with Crippen LogP contribution in [0.2, 0.25) is 5.02 Å². The molecule has 1 aliphatic rings. The summed E-state index contributed by atoms with van der Waals surface area (Å²) in [6.07, 6.45) is 8.89. The average Bonchev–Trinajstić information content (AvgIpc) is 2.49. The van der Waals surface area contributed by atoms with Crippen molar-refractivity contribution < 1.29 is 9.36 Å². The number of fused-ring (bicyclic) bond motifs is 1. The lowest BCUT2D eigenvalue weighted by Crippen LogP contribution is -2.40. The van der Waals surface area contributed by atoms with Gasteiger partial charge >= 0.3 is 0 Å². The zero-order valence-corrected chi connectivity index (χ0v) is 12.6. The molecule has 1 aliphatic carbocycles. The molecule has 1 aromatic carbocycles. The Labute approximate surface area is 129 Å². The van der Waals surface area contributed by atoms with Gasteiger partial charge in [-0.15, -0.1) is 0 Å². The van der Waals surface area contributed by atoms with Gasteiger partial charge in [0.1, 0.15) is 0 Å². The summed E-state index contributed by atoms with van der Waals surface area (Å²) in [5.41, 5.74) is 3.57. The van der Waals surface area contributed by atoms with Crippen molar-refractivity contribution in [2.24, 2.45) is 0 Å². The van der Waals surface area contributed by atoms with Crippen LogP contribution in [0.4, 0.5) is 5.69 Å². The van der Waals surface area contributed by atoms with Crippen molar-refractivity contribution in [2.45, 2.75) is 32.2 Å². The third-order valence-electron chi connectivity index (χ3n) is 3.80. The maximum absolute atomic E-state index is 12.1. The Hall–Kier alpha value is -1.87. The Morgan fingerprint density at radius 2 is 1.81 bits per heavy atom. The molecule has 0 bridgehead atoms. The Morgan fingerprint density at radius 3 is 2.57 bits per heavy atom. The molecular formula is C17H18ClN2O+. The summed E-state index contributed by atoms with van der Waals surface area (Å²) >= 11 is 5.83. The summed E-state index contributed by atoms with van der Waals surface area (Å²) in [5.74, 6) is -0.0296. The highest BCUT2D eigenvalue weighted by Crippen LogP contribution is 2.18. The van der Waals surface area contributed by atoms with Crippen molar-refractivity contribution in [1.82, 2.24) is 0 Å². The fraction of sp³-hybridized carbons (Fsp3) is 0.294. The molecule has 0 unspecified atom stereocenters. The molecule has 1 N–H and O–H groups in total. The Bertz CT molecular complexity index is 652. The molecule has 1 amide bonds. The maximum Gasteiger partial charge on any atom is 0.290 e. The zero-order valence-electron chi connectivity index (χ0n) is 11.8. The van der Waals surface area contributed by atoms with Gasteiger partial charge < -0.3 is 5.32 Å². The fourth-order valence-electron chi connectivity index (χ4n) is 2.72. The number of carbonyl (C=O) groups is 1. The highest BCUT2D eigenvalue weighted by atomic mass is 35.5. The summed E-state index contributed by atoms with van der Waals surface area (Å²) in [5, 5.41) is 3.54. The molecule has 0 radical (unpaired) electrons. The van der Waals surface area contributed by atoms with Crippen molar-refractivity contribution in [1.29, 1.82) is 0 Å². The third kappa shape index (κ3) is 3.61. The van der Waals surface area contributed by atoms with E-state index in [1.807, 2.05) is 10.8 Å². The van der Waals surface area contributed by atoms with Crippen molar-refractivity contribution >= 4 is 23.2 Å². The summed E-state index contributed by atoms with van der Waals surface area (Å²) in [6.45, 7) is 0.329. The molecule has 108 valence electrons. The lowest BCUT2D eigenvalue weighted by molar-refractivity contribution is -0.684. The van der Waals surface area contributed by atoms with Gasteiger partial charge in [-0.05, 0) is 55.5 Å². The molecule has 0 atom stereocenters. The van der Waals surface area contributed by atoms with Crippen molar-refractivity contribution in [2.75, 3.05) is 5.32 Å². The van der Waals surface area contributed by atoms with Gasteiger partial charge in [0, 0.05) is 22.3 Å². The molecule has 0 spiro atoms. The quantitative estimate of drug-likeness (QED) is 0.868. The predicted molar refractivity (Wildman–Crippen MR) is 83.4 cm³/mol. The van der Waals surface area contributed by atoms with E-state index in [9.17, 15) is 4.79 Å². The number of hydrogen-bond donors (Lipinski definition) is 1. The SMILES string of the molecule is O=C(C[n+]1ccc2c(c1)CCCC2)Nc1ccc(Cl)cc1. The van der Waals surface area contributed by atoms with Crippen LogP contribution in [0.25, 0.3) is 0 Å². The normalized spacial score (nSPS) is 13.6. The van der Waals surface area contributed by atoms with Crippen molar-refractivity contribution in [3.05, 3.63) is 58.9 Å². The lowest BCUT2D eigenvalue weighted by atomic mass is 9.93. The maximum atomic E-state index is 12.1. The van der Waals surface area contributed by atoms with E-state index in [2.05, 4.69) is 17.6 Å². The van der Waals surface area contributed by atoms with E-state index in [1.165, 1.54) is 24.0 Å². The van der Waals surface area contributed by atoms with Crippen LogP contribution in [0.1, 0.15) is 24.0 Å². The number of carbonyl (C=O) groups excluding carboxylic acids is 1. The summed E-state index contributed by atoms with van der Waals surface area (Å²) in [6, 6.07) is 9.28. The molecule has 2 aromatic rings. The first kappa shape index (κ1) is 14.1. The molecular weight excluding hydrogens is 284 g/mol. The zero-order chi connectivity index (χ0) is 14.7. The van der Waals surface area contributed by atoms with E-state index in [4.69, 9.17) is 11.6 Å². The number of aryl methyl sites for hydroxylation is 2. The van der Waals surface area contributed by atoms with Gasteiger partial charge in [-0.2, -0.15) is 4.57 Å². The van der Waals surface area contributed by atoms with Gasteiger partial charge in [-0.1, -0.05) is 11.6 Å². The van der Waals surface area contributed by atoms with Gasteiger partial charge in [0.15, 0.2) is 12.4 Å². The van der Waals surface area contributed by atoms with E-state index in [-0.39, 0.29) is 5.91 Å². The highest BCUT2D eigenvalue weighted by Gasteiger charge is 2.15. The smallest absolute Gasteiger partial charge is 0.290 e. The third-order valence-corrected chi connectivity index (χ3v) is 4.05. The van der Waals surface area contributed by atoms with Crippen molar-refractivity contribution in [3.63, 3.8) is 0 Å². The molecule has 0 fully saturated rings. The fourth-order valence-corrected chi connectivity index (χ4v) is 2.84. The molecule has 4 heteroatoms. The van der Waals surface area contributed by atoms with Crippen LogP contribution in [0.15, 0.2) is 42.7 Å². The van der Waals surface area contributed by atoms with Crippen LogP contribution < -0.4 is 9.88 Å². The molecule has 0 saturated carbocycles. The Morgan fingerprint density at radius 1 is 1.10 bits per heavy atom. The number of pyridine rings is 1.